The van der Waals surface area contributed by atoms with Crippen LogP contribution in [0.25, 0.3) is 0 Å². The first-order chi connectivity index (χ1) is 25.8. The van der Waals surface area contributed by atoms with Crippen molar-refractivity contribution in [2.75, 3.05) is 0 Å². The van der Waals surface area contributed by atoms with E-state index in [0.717, 1.165) is 23.0 Å². The second-order valence-corrected chi connectivity index (χ2v) is 13.4. The highest BCUT2D eigenvalue weighted by Gasteiger charge is 2.16. The van der Waals surface area contributed by atoms with E-state index >= 15 is 0 Å². The molecule has 0 saturated carbocycles. The Balaban J connectivity index is 0.000000774. The zero-order valence-corrected chi connectivity index (χ0v) is 30.8. The molecule has 0 bridgehead atoms. The van der Waals surface area contributed by atoms with Gasteiger partial charge in [-0.2, -0.15) is 0 Å². The number of pyridine rings is 4. The van der Waals surface area contributed by atoms with Crippen LogP contribution >= 0.6 is 47.0 Å². The highest BCUT2D eigenvalue weighted by molar-refractivity contribution is 7.99. The van der Waals surface area contributed by atoms with Crippen LogP contribution < -0.4 is 19.9 Å². The monoisotopic (exact) mass is 822 g/mol. The minimum absolute atomic E-state index is 0.921. The number of thioether (sulfide) groups is 4. The third-order valence-corrected chi connectivity index (χ3v) is 9.86. The van der Waals surface area contributed by atoms with E-state index in [0.29, 0.717) is 0 Å². The number of aromatic nitrogens is 4. The summed E-state index contributed by atoms with van der Waals surface area (Å²) in [5, 5.41) is 63.7. The van der Waals surface area contributed by atoms with E-state index in [1.165, 1.54) is 42.4 Å². The molecule has 0 spiro atoms. The van der Waals surface area contributed by atoms with Crippen LogP contribution in [0.4, 0.5) is 0 Å². The first kappa shape index (κ1) is 46.0. The van der Waals surface area contributed by atoms with Gasteiger partial charge in [0.05, 0.1) is 20.3 Å². The molecule has 1 aromatic carbocycles. The Labute approximate surface area is 322 Å². The van der Waals surface area contributed by atoms with Crippen molar-refractivity contribution in [3.63, 3.8) is 0 Å². The summed E-state index contributed by atoms with van der Waals surface area (Å²) in [5.74, 6) is 3.68. The SMILES string of the molecule is O=[N+]([O-])[O-].O=[N+]([O-])[O-].O=[N+]([O-])[O-].O=[N+]([O-])[O-].c1ccc(SCc2cc(CSc3cccc[nH+]3)c(CSc3cccc[nH+]3)cc2CSc2cccc[nH+]2)[nH+]c1. The summed E-state index contributed by atoms with van der Waals surface area (Å²) >= 11 is 7.41. The Hall–Kier alpha value is -5.98. The van der Waals surface area contributed by atoms with E-state index in [-0.39, 0.29) is 0 Å². The quantitative estimate of drug-likeness (QED) is 0.0891. The summed E-state index contributed by atoms with van der Waals surface area (Å²) in [5.41, 5.74) is 5.57. The molecular formula is C30H30N8O12S4. The molecule has 0 fully saturated rings. The summed E-state index contributed by atoms with van der Waals surface area (Å²) in [6.45, 7) is 0. The van der Waals surface area contributed by atoms with Crippen LogP contribution in [0.5, 0.6) is 0 Å². The fourth-order valence-electron chi connectivity index (χ4n) is 3.82. The third kappa shape index (κ3) is 24.2. The maximum absolute atomic E-state index is 8.25. The molecule has 0 aliphatic rings. The van der Waals surface area contributed by atoms with Crippen LogP contribution in [0.3, 0.4) is 0 Å². The van der Waals surface area contributed by atoms with Crippen molar-refractivity contribution >= 4 is 47.0 Å². The molecule has 0 saturated heterocycles. The molecule has 0 amide bonds. The molecule has 0 aliphatic carbocycles. The van der Waals surface area contributed by atoms with E-state index in [9.17, 15) is 0 Å². The van der Waals surface area contributed by atoms with Crippen molar-refractivity contribution in [2.24, 2.45) is 0 Å². The Kier molecular flexibility index (Phi) is 23.6. The van der Waals surface area contributed by atoms with Crippen LogP contribution in [0.2, 0.25) is 0 Å². The summed E-state index contributed by atoms with van der Waals surface area (Å²) in [7, 11) is 0. The summed E-state index contributed by atoms with van der Waals surface area (Å²) in [4.78, 5) is 46.5. The molecule has 4 N–H and O–H groups in total. The lowest BCUT2D eigenvalue weighted by Crippen LogP contribution is -2.07. The fourth-order valence-corrected chi connectivity index (χ4v) is 7.44. The van der Waals surface area contributed by atoms with Gasteiger partial charge in [-0.25, -0.2) is 19.9 Å². The Bertz CT molecular complexity index is 1560. The number of rotatable bonds is 12. The summed E-state index contributed by atoms with van der Waals surface area (Å²) in [6, 6.07) is 29.9. The molecular weight excluding hydrogens is 793 g/mol. The van der Waals surface area contributed by atoms with Crippen molar-refractivity contribution in [2.45, 2.75) is 43.1 Å². The molecule has 24 heteroatoms. The van der Waals surface area contributed by atoms with Gasteiger partial charge in [0.2, 0.25) is 20.1 Å². The minimum atomic E-state index is -1.75. The van der Waals surface area contributed by atoms with E-state index in [2.05, 4.69) is 80.6 Å². The van der Waals surface area contributed by atoms with Gasteiger partial charge in [0.25, 0.3) is 0 Å². The van der Waals surface area contributed by atoms with Gasteiger partial charge >= 0.3 is 0 Å². The van der Waals surface area contributed by atoms with Gasteiger partial charge in [-0.1, -0.05) is 59.2 Å². The maximum atomic E-state index is 8.25. The van der Waals surface area contributed by atoms with Gasteiger partial charge in [-0.15, -0.1) is 0 Å². The van der Waals surface area contributed by atoms with Crippen LogP contribution in [0.15, 0.2) is 130 Å². The van der Waals surface area contributed by atoms with E-state index in [1.54, 1.807) is 0 Å². The van der Waals surface area contributed by atoms with Crippen LogP contribution in [-0.2, 0) is 23.0 Å². The van der Waals surface area contributed by atoms with Crippen LogP contribution in [0, 0.1) is 61.3 Å². The van der Waals surface area contributed by atoms with Crippen LogP contribution in [0.1, 0.15) is 22.3 Å². The molecule has 0 radical (unpaired) electrons. The van der Waals surface area contributed by atoms with E-state index in [1.807, 2.05) is 96.1 Å². The number of aromatic amines is 4. The molecule has 0 aliphatic heterocycles. The number of hydrogen-bond acceptors (Lipinski definition) is 16. The van der Waals surface area contributed by atoms with E-state index in [4.69, 9.17) is 61.3 Å². The smallest absolute Gasteiger partial charge is 0.238 e. The summed E-state index contributed by atoms with van der Waals surface area (Å²) < 4.78 is 0. The third-order valence-electron chi connectivity index (χ3n) is 5.78. The molecule has 286 valence electrons. The molecule has 5 aromatic rings. The largest absolute Gasteiger partial charge is 0.356 e. The van der Waals surface area contributed by atoms with Crippen molar-refractivity contribution in [1.82, 2.24) is 0 Å². The molecule has 54 heavy (non-hydrogen) atoms. The normalized spacial score (nSPS) is 9.48. The molecule has 20 nitrogen and oxygen atoms in total. The number of nitrogens with zero attached hydrogens (tertiary/aromatic N) is 4. The van der Waals surface area contributed by atoms with Gasteiger partial charge in [-0.05, 0) is 46.5 Å². The number of benzene rings is 1. The predicted molar refractivity (Wildman–Crippen MR) is 198 cm³/mol. The number of nitrogens with one attached hydrogen (secondary N) is 4. The zero-order valence-electron chi connectivity index (χ0n) is 27.5. The zero-order chi connectivity index (χ0) is 40.1. The first-order valence-corrected chi connectivity index (χ1v) is 18.5. The van der Waals surface area contributed by atoms with Gasteiger partial charge in [0.15, 0.2) is 24.8 Å². The first-order valence-electron chi connectivity index (χ1n) is 14.5. The lowest BCUT2D eigenvalue weighted by molar-refractivity contribution is -0.426. The van der Waals surface area contributed by atoms with Gasteiger partial charge < -0.3 is 61.3 Å². The molecule has 4 aromatic heterocycles. The second kappa shape index (κ2) is 27.6. The van der Waals surface area contributed by atoms with Crippen molar-refractivity contribution in [3.05, 3.63) is 193 Å². The van der Waals surface area contributed by atoms with E-state index < -0.39 is 20.3 Å². The topological polar surface area (TPSA) is 321 Å². The highest BCUT2D eigenvalue weighted by Crippen LogP contribution is 2.33. The van der Waals surface area contributed by atoms with Gasteiger partial charge in [0.1, 0.15) is 0 Å². The van der Waals surface area contributed by atoms with Gasteiger partial charge in [-0.3, -0.25) is 0 Å². The average molecular weight is 823 g/mol. The molecule has 0 atom stereocenters. The van der Waals surface area contributed by atoms with Crippen molar-refractivity contribution in [3.8, 4) is 0 Å². The molecule has 4 heterocycles. The maximum Gasteiger partial charge on any atom is 0.238 e. The standard InChI is InChI=1S/C30H26N4S4.4NO3/c1-5-13-31-27(9-1)35-19-23-17-25(21-37-29-11-3-7-15-33-29)26(22-38-30-12-4-8-16-34-30)18-24(23)20-36-28-10-2-6-14-32-28;4*2-1(3)4/h1-18H,19-22H2;;;;/q;4*-1/p+4. The summed E-state index contributed by atoms with van der Waals surface area (Å²) in [6.07, 6.45) is 7.96. The minimum Gasteiger partial charge on any atom is -0.356 e. The lowest BCUT2D eigenvalue weighted by Gasteiger charge is -2.15. The van der Waals surface area contributed by atoms with Gasteiger partial charge in [0, 0.05) is 71.5 Å². The van der Waals surface area contributed by atoms with Crippen LogP contribution in [-0.4, -0.2) is 20.3 Å². The molecule has 5 rings (SSSR count). The number of H-pyrrole nitrogens is 4. The Morgan fingerprint density at radius 2 is 0.556 bits per heavy atom. The predicted octanol–water partition coefficient (Wildman–Crippen LogP) is 5.16. The average Bonchev–Trinajstić information content (AvgIpc) is 3.12. The van der Waals surface area contributed by atoms with Crippen molar-refractivity contribution < 1.29 is 40.3 Å². The lowest BCUT2D eigenvalue weighted by atomic mass is 10.0. The second-order valence-electron chi connectivity index (χ2n) is 9.35. The molecule has 0 unspecified atom stereocenters. The Morgan fingerprint density at radius 1 is 0.370 bits per heavy atom. The highest BCUT2D eigenvalue weighted by atomic mass is 32.2. The number of hydrogen-bond donors (Lipinski definition) is 0. The fraction of sp³-hybridized carbons (Fsp3) is 0.133. The Morgan fingerprint density at radius 3 is 0.704 bits per heavy atom. The van der Waals surface area contributed by atoms with Crippen molar-refractivity contribution in [1.29, 1.82) is 0 Å².